The lowest BCUT2D eigenvalue weighted by Crippen LogP contribution is -2.36. The molecule has 1 fully saturated rings. The van der Waals surface area contributed by atoms with Crippen molar-refractivity contribution in [2.24, 2.45) is 5.92 Å². The first-order chi connectivity index (χ1) is 10.8. The number of hydrogen-bond donors (Lipinski definition) is 1. The summed E-state index contributed by atoms with van der Waals surface area (Å²) in [6.07, 6.45) is 5.43. The van der Waals surface area contributed by atoms with Crippen LogP contribution < -0.4 is 5.32 Å². The average molecular weight is 304 g/mol. The van der Waals surface area contributed by atoms with Gasteiger partial charge in [0.05, 0.1) is 0 Å². The first kappa shape index (κ1) is 18.7. The van der Waals surface area contributed by atoms with Crippen LogP contribution in [-0.2, 0) is 11.2 Å². The smallest absolute Gasteiger partial charge is 0.220 e. The molecular formula is C19H32N2O. The van der Waals surface area contributed by atoms with Gasteiger partial charge in [0, 0.05) is 13.5 Å². The Bertz CT molecular complexity index is 397. The number of nitrogens with zero attached hydrogens (tertiary/aromatic N) is 1. The van der Waals surface area contributed by atoms with Crippen molar-refractivity contribution in [1.29, 1.82) is 0 Å². The van der Waals surface area contributed by atoms with Gasteiger partial charge in [0.1, 0.15) is 0 Å². The standard InChI is InChI=1S/C17H26N2O.C2H6/c1-18-17(20)14-16-9-12-19(13-10-16)11-5-8-15-6-3-2-4-7-15;1-2/h2-4,6-7,16H,5,8-14H2,1H3,(H,18,20);1-2H3. The Morgan fingerprint density at radius 3 is 2.41 bits per heavy atom. The maximum atomic E-state index is 11.4. The zero-order valence-electron chi connectivity index (χ0n) is 14.5. The molecule has 1 amide bonds. The molecule has 0 unspecified atom stereocenters. The average Bonchev–Trinajstić information content (AvgIpc) is 2.59. The zero-order valence-corrected chi connectivity index (χ0v) is 14.5. The highest BCUT2D eigenvalue weighted by Gasteiger charge is 2.20. The van der Waals surface area contributed by atoms with Gasteiger partial charge in [0.25, 0.3) is 0 Å². The van der Waals surface area contributed by atoms with Crippen LogP contribution >= 0.6 is 0 Å². The van der Waals surface area contributed by atoms with E-state index in [4.69, 9.17) is 0 Å². The summed E-state index contributed by atoms with van der Waals surface area (Å²) in [6.45, 7) is 7.48. The van der Waals surface area contributed by atoms with E-state index in [1.807, 2.05) is 13.8 Å². The number of piperidine rings is 1. The first-order valence-electron chi connectivity index (χ1n) is 8.75. The van der Waals surface area contributed by atoms with E-state index < -0.39 is 0 Å². The van der Waals surface area contributed by atoms with E-state index in [0.717, 1.165) is 13.1 Å². The molecule has 1 aliphatic heterocycles. The monoisotopic (exact) mass is 304 g/mol. The summed E-state index contributed by atoms with van der Waals surface area (Å²) in [7, 11) is 1.72. The summed E-state index contributed by atoms with van der Waals surface area (Å²) in [4.78, 5) is 13.9. The third kappa shape index (κ3) is 7.08. The van der Waals surface area contributed by atoms with E-state index in [2.05, 4.69) is 40.5 Å². The van der Waals surface area contributed by atoms with Gasteiger partial charge >= 0.3 is 0 Å². The van der Waals surface area contributed by atoms with Crippen LogP contribution in [0.1, 0.15) is 45.1 Å². The highest BCUT2D eigenvalue weighted by molar-refractivity contribution is 5.75. The number of rotatable bonds is 6. The van der Waals surface area contributed by atoms with Gasteiger partial charge in [-0.25, -0.2) is 0 Å². The Morgan fingerprint density at radius 1 is 1.18 bits per heavy atom. The highest BCUT2D eigenvalue weighted by Crippen LogP contribution is 2.20. The number of benzene rings is 1. The van der Waals surface area contributed by atoms with E-state index in [1.165, 1.54) is 37.8 Å². The van der Waals surface area contributed by atoms with Crippen molar-refractivity contribution in [3.8, 4) is 0 Å². The van der Waals surface area contributed by atoms with Gasteiger partial charge in [-0.2, -0.15) is 0 Å². The van der Waals surface area contributed by atoms with Crippen molar-refractivity contribution in [3.05, 3.63) is 35.9 Å². The molecule has 1 N–H and O–H groups in total. The van der Waals surface area contributed by atoms with Crippen LogP contribution in [0.4, 0.5) is 0 Å². The molecule has 1 saturated heterocycles. The zero-order chi connectivity index (χ0) is 16.2. The molecule has 0 radical (unpaired) electrons. The van der Waals surface area contributed by atoms with Crippen LogP contribution in [-0.4, -0.2) is 37.5 Å². The van der Waals surface area contributed by atoms with Gasteiger partial charge in [0.15, 0.2) is 0 Å². The van der Waals surface area contributed by atoms with Crippen LogP contribution in [0.2, 0.25) is 0 Å². The Labute approximate surface area is 136 Å². The van der Waals surface area contributed by atoms with E-state index >= 15 is 0 Å². The Balaban J connectivity index is 0.00000116. The van der Waals surface area contributed by atoms with Gasteiger partial charge in [-0.05, 0) is 56.8 Å². The minimum Gasteiger partial charge on any atom is -0.359 e. The molecule has 124 valence electrons. The lowest BCUT2D eigenvalue weighted by molar-refractivity contribution is -0.121. The number of carbonyl (C=O) groups is 1. The predicted octanol–water partition coefficient (Wildman–Crippen LogP) is 3.49. The van der Waals surface area contributed by atoms with Crippen molar-refractivity contribution in [2.45, 2.75) is 46.0 Å². The molecule has 3 heteroatoms. The van der Waals surface area contributed by atoms with Crippen LogP contribution in [0.3, 0.4) is 0 Å². The Kier molecular flexibility index (Phi) is 9.56. The SMILES string of the molecule is CC.CNC(=O)CC1CCN(CCCc2ccccc2)CC1. The van der Waals surface area contributed by atoms with Crippen LogP contribution in [0, 0.1) is 5.92 Å². The fourth-order valence-electron chi connectivity index (χ4n) is 2.93. The third-order valence-electron chi connectivity index (χ3n) is 4.24. The van der Waals surface area contributed by atoms with E-state index in [-0.39, 0.29) is 5.91 Å². The molecule has 1 aromatic rings. The molecule has 1 heterocycles. The molecule has 1 aliphatic rings. The largest absolute Gasteiger partial charge is 0.359 e. The fraction of sp³-hybridized carbons (Fsp3) is 0.632. The lowest BCUT2D eigenvalue weighted by Gasteiger charge is -2.31. The molecule has 22 heavy (non-hydrogen) atoms. The van der Waals surface area contributed by atoms with E-state index in [9.17, 15) is 4.79 Å². The van der Waals surface area contributed by atoms with Crippen molar-refractivity contribution in [2.75, 3.05) is 26.7 Å². The molecule has 0 bridgehead atoms. The summed E-state index contributed by atoms with van der Waals surface area (Å²) in [5.74, 6) is 0.771. The van der Waals surface area contributed by atoms with Gasteiger partial charge in [0.2, 0.25) is 5.91 Å². The number of amides is 1. The highest BCUT2D eigenvalue weighted by atomic mass is 16.1. The van der Waals surface area contributed by atoms with Gasteiger partial charge < -0.3 is 10.2 Å². The summed E-state index contributed by atoms with van der Waals surface area (Å²) in [6, 6.07) is 10.7. The molecule has 3 nitrogen and oxygen atoms in total. The van der Waals surface area contributed by atoms with Gasteiger partial charge in [-0.3, -0.25) is 4.79 Å². The van der Waals surface area contributed by atoms with Crippen molar-refractivity contribution in [1.82, 2.24) is 10.2 Å². The summed E-state index contributed by atoms with van der Waals surface area (Å²) < 4.78 is 0. The van der Waals surface area contributed by atoms with Crippen molar-refractivity contribution in [3.63, 3.8) is 0 Å². The third-order valence-corrected chi connectivity index (χ3v) is 4.24. The fourth-order valence-corrected chi connectivity index (χ4v) is 2.93. The number of carbonyl (C=O) groups excluding carboxylic acids is 1. The maximum absolute atomic E-state index is 11.4. The predicted molar refractivity (Wildman–Crippen MR) is 94.0 cm³/mol. The number of aryl methyl sites for hydroxylation is 1. The summed E-state index contributed by atoms with van der Waals surface area (Å²) in [5.41, 5.74) is 1.43. The summed E-state index contributed by atoms with van der Waals surface area (Å²) in [5, 5.41) is 2.72. The van der Waals surface area contributed by atoms with Crippen LogP contribution in [0.25, 0.3) is 0 Å². The number of hydrogen-bond acceptors (Lipinski definition) is 2. The van der Waals surface area contributed by atoms with E-state index in [1.54, 1.807) is 7.05 Å². The second-order valence-electron chi connectivity index (χ2n) is 5.75. The molecule has 0 atom stereocenters. The minimum atomic E-state index is 0.188. The van der Waals surface area contributed by atoms with Gasteiger partial charge in [-0.15, -0.1) is 0 Å². The Morgan fingerprint density at radius 2 is 1.82 bits per heavy atom. The molecule has 1 aromatic carbocycles. The second kappa shape index (κ2) is 11.2. The maximum Gasteiger partial charge on any atom is 0.220 e. The van der Waals surface area contributed by atoms with Gasteiger partial charge in [-0.1, -0.05) is 44.2 Å². The first-order valence-corrected chi connectivity index (χ1v) is 8.75. The van der Waals surface area contributed by atoms with Crippen LogP contribution in [0.5, 0.6) is 0 Å². The molecular weight excluding hydrogens is 272 g/mol. The van der Waals surface area contributed by atoms with E-state index in [0.29, 0.717) is 12.3 Å². The minimum absolute atomic E-state index is 0.188. The number of nitrogens with one attached hydrogen (secondary N) is 1. The molecule has 0 aromatic heterocycles. The quantitative estimate of drug-likeness (QED) is 0.872. The lowest BCUT2D eigenvalue weighted by atomic mass is 9.93. The molecule has 0 aliphatic carbocycles. The van der Waals surface area contributed by atoms with Crippen molar-refractivity contribution >= 4 is 5.91 Å². The number of likely N-dealkylation sites (tertiary alicyclic amines) is 1. The summed E-state index contributed by atoms with van der Waals surface area (Å²) >= 11 is 0. The van der Waals surface area contributed by atoms with Crippen LogP contribution in [0.15, 0.2) is 30.3 Å². The van der Waals surface area contributed by atoms with Crippen molar-refractivity contribution < 1.29 is 4.79 Å². The molecule has 0 spiro atoms. The Hall–Kier alpha value is -1.35. The molecule has 0 saturated carbocycles. The topological polar surface area (TPSA) is 32.3 Å². The second-order valence-corrected chi connectivity index (χ2v) is 5.75. The normalized spacial score (nSPS) is 15.8. The molecule has 2 rings (SSSR count).